The van der Waals surface area contributed by atoms with Crippen LogP contribution >= 0.6 is 11.6 Å². The van der Waals surface area contributed by atoms with Crippen LogP contribution in [0.2, 0.25) is 5.02 Å². The molecular formula is C30H27ClFN3O4. The number of rotatable bonds is 11. The van der Waals surface area contributed by atoms with Gasteiger partial charge in [0, 0.05) is 47.2 Å². The van der Waals surface area contributed by atoms with Gasteiger partial charge in [-0.05, 0) is 52.6 Å². The summed E-state index contributed by atoms with van der Waals surface area (Å²) >= 11 is 6.29. The first-order chi connectivity index (χ1) is 18.9. The lowest BCUT2D eigenvalue weighted by molar-refractivity contribution is -0.136. The zero-order valence-corrected chi connectivity index (χ0v) is 22.0. The van der Waals surface area contributed by atoms with Crippen molar-refractivity contribution in [1.29, 1.82) is 0 Å². The molecule has 0 fully saturated rings. The van der Waals surface area contributed by atoms with Gasteiger partial charge in [-0.3, -0.25) is 14.6 Å². The second-order valence-electron chi connectivity index (χ2n) is 8.73. The van der Waals surface area contributed by atoms with E-state index in [1.54, 1.807) is 37.6 Å². The molecule has 1 amide bonds. The van der Waals surface area contributed by atoms with E-state index in [1.165, 1.54) is 0 Å². The van der Waals surface area contributed by atoms with E-state index in [-0.39, 0.29) is 18.7 Å². The van der Waals surface area contributed by atoms with Crippen molar-refractivity contribution in [3.63, 3.8) is 0 Å². The van der Waals surface area contributed by atoms with Crippen LogP contribution in [0.3, 0.4) is 0 Å². The molecule has 1 heterocycles. The number of nitrogens with one attached hydrogen (secondary N) is 2. The van der Waals surface area contributed by atoms with Gasteiger partial charge in [0.15, 0.2) is 0 Å². The summed E-state index contributed by atoms with van der Waals surface area (Å²) in [7, 11) is 1.61. The molecule has 0 saturated heterocycles. The van der Waals surface area contributed by atoms with Crippen LogP contribution in [-0.4, -0.2) is 35.6 Å². The van der Waals surface area contributed by atoms with Gasteiger partial charge in [0.2, 0.25) is 0 Å². The maximum atomic E-state index is 12.9. The fourth-order valence-electron chi connectivity index (χ4n) is 4.04. The van der Waals surface area contributed by atoms with Gasteiger partial charge in [-0.15, -0.1) is 0 Å². The number of pyridine rings is 1. The van der Waals surface area contributed by atoms with Gasteiger partial charge in [0.05, 0.1) is 13.5 Å². The molecule has 0 saturated carbocycles. The lowest BCUT2D eigenvalue weighted by Gasteiger charge is -2.15. The zero-order chi connectivity index (χ0) is 27.8. The van der Waals surface area contributed by atoms with Crippen molar-refractivity contribution in [2.24, 2.45) is 0 Å². The third-order valence-electron chi connectivity index (χ3n) is 6.11. The highest BCUT2D eigenvalue weighted by Gasteiger charge is 2.12. The van der Waals surface area contributed by atoms with Gasteiger partial charge in [0.25, 0.3) is 5.91 Å². The van der Waals surface area contributed by atoms with Crippen LogP contribution in [0.1, 0.15) is 28.0 Å². The van der Waals surface area contributed by atoms with E-state index in [1.807, 2.05) is 48.5 Å². The number of benzene rings is 3. The summed E-state index contributed by atoms with van der Waals surface area (Å²) in [6, 6.07) is 22.0. The highest BCUT2D eigenvalue weighted by Crippen LogP contribution is 2.33. The Morgan fingerprint density at radius 2 is 1.74 bits per heavy atom. The number of carbonyl (C=O) groups is 2. The number of nitrogens with zero attached hydrogens (tertiary/aromatic N) is 1. The van der Waals surface area contributed by atoms with Crippen molar-refractivity contribution in [3.8, 4) is 28.0 Å². The predicted octanol–water partition coefficient (Wildman–Crippen LogP) is 6.36. The summed E-state index contributed by atoms with van der Waals surface area (Å²) in [5, 5.41) is 15.2. The number of halogens is 2. The third kappa shape index (κ3) is 7.12. The number of carboxylic acids is 1. The molecule has 0 radical (unpaired) electrons. The average molecular weight is 548 g/mol. The van der Waals surface area contributed by atoms with Crippen LogP contribution < -0.4 is 15.4 Å². The second-order valence-corrected chi connectivity index (χ2v) is 9.17. The molecule has 4 aromatic rings. The van der Waals surface area contributed by atoms with E-state index >= 15 is 0 Å². The minimum Gasteiger partial charge on any atom is -0.496 e. The molecule has 1 aromatic heterocycles. The smallest absolute Gasteiger partial charge is 0.305 e. The van der Waals surface area contributed by atoms with E-state index in [0.29, 0.717) is 22.9 Å². The van der Waals surface area contributed by atoms with E-state index < -0.39 is 18.6 Å². The number of aliphatic carboxylic acids is 1. The molecule has 0 unspecified atom stereocenters. The maximum absolute atomic E-state index is 12.9. The number of carbonyl (C=O) groups excluding carboxylic acids is 1. The summed E-state index contributed by atoms with van der Waals surface area (Å²) in [6.07, 6.45) is 1.43. The third-order valence-corrected chi connectivity index (χ3v) is 6.34. The van der Waals surface area contributed by atoms with Gasteiger partial charge in [0.1, 0.15) is 18.1 Å². The Hall–Kier alpha value is -4.43. The first-order valence-corrected chi connectivity index (χ1v) is 12.6. The monoisotopic (exact) mass is 547 g/mol. The standard InChI is InChI=1S/C30H27ClFN3O4/c1-39-28-15-24(9-10-25(28)20-4-2-19(16-32)3-5-20)34-17-21-6-8-23(31)14-26(21)22-7-11-27(35-18-22)30(38)33-13-12-29(36)37/h2-11,14-15,18,34H,12-13,16-17H2,1H3,(H,33,38)(H,36,37). The van der Waals surface area contributed by atoms with E-state index in [4.69, 9.17) is 21.4 Å². The number of amides is 1. The van der Waals surface area contributed by atoms with Gasteiger partial charge in [-0.2, -0.15) is 0 Å². The van der Waals surface area contributed by atoms with Crippen LogP contribution in [0.4, 0.5) is 10.1 Å². The first-order valence-electron chi connectivity index (χ1n) is 12.2. The molecule has 39 heavy (non-hydrogen) atoms. The SMILES string of the molecule is COc1cc(NCc2ccc(Cl)cc2-c2ccc(C(=O)NCCC(=O)O)nc2)ccc1-c1ccc(CF)cc1. The predicted molar refractivity (Wildman–Crippen MR) is 150 cm³/mol. The Kier molecular flexibility index (Phi) is 9.12. The highest BCUT2D eigenvalue weighted by atomic mass is 35.5. The Bertz CT molecular complexity index is 1460. The quantitative estimate of drug-likeness (QED) is 0.202. The number of hydrogen-bond donors (Lipinski definition) is 3. The van der Waals surface area contributed by atoms with Crippen LogP contribution in [0, 0.1) is 0 Å². The van der Waals surface area contributed by atoms with E-state index in [9.17, 15) is 14.0 Å². The van der Waals surface area contributed by atoms with E-state index in [0.717, 1.165) is 33.5 Å². The number of ether oxygens (including phenoxy) is 1. The normalized spacial score (nSPS) is 10.6. The fraction of sp³-hybridized carbons (Fsp3) is 0.167. The lowest BCUT2D eigenvalue weighted by atomic mass is 10.00. The number of carboxylic acid groups (broad SMARTS) is 1. The van der Waals surface area contributed by atoms with Crippen molar-refractivity contribution in [2.45, 2.75) is 19.6 Å². The Morgan fingerprint density at radius 1 is 0.974 bits per heavy atom. The maximum Gasteiger partial charge on any atom is 0.305 e. The van der Waals surface area contributed by atoms with Crippen LogP contribution in [0.25, 0.3) is 22.3 Å². The topological polar surface area (TPSA) is 101 Å². The molecule has 9 heteroatoms. The second kappa shape index (κ2) is 12.9. The fourth-order valence-corrected chi connectivity index (χ4v) is 4.22. The first kappa shape index (κ1) is 27.6. The molecule has 200 valence electrons. The molecule has 0 aliphatic rings. The van der Waals surface area contributed by atoms with Crippen molar-refractivity contribution in [2.75, 3.05) is 19.0 Å². The molecule has 0 bridgehead atoms. The molecule has 7 nitrogen and oxygen atoms in total. The van der Waals surface area contributed by atoms with Crippen molar-refractivity contribution in [3.05, 3.63) is 101 Å². The molecule has 3 aromatic carbocycles. The summed E-state index contributed by atoms with van der Waals surface area (Å²) in [5.74, 6) is -0.739. The zero-order valence-electron chi connectivity index (χ0n) is 21.2. The molecule has 0 aliphatic heterocycles. The number of methoxy groups -OCH3 is 1. The molecule has 0 aliphatic carbocycles. The van der Waals surface area contributed by atoms with Gasteiger partial charge in [-0.25, -0.2) is 4.39 Å². The number of aromatic nitrogens is 1. The van der Waals surface area contributed by atoms with Crippen molar-refractivity contribution in [1.82, 2.24) is 10.3 Å². The average Bonchev–Trinajstić information content (AvgIpc) is 2.96. The Morgan fingerprint density at radius 3 is 2.41 bits per heavy atom. The van der Waals surface area contributed by atoms with Gasteiger partial charge < -0.3 is 20.5 Å². The Labute approximate surface area is 230 Å². The van der Waals surface area contributed by atoms with Gasteiger partial charge >= 0.3 is 5.97 Å². The number of anilines is 1. The summed E-state index contributed by atoms with van der Waals surface area (Å²) in [5.41, 5.74) is 6.10. The van der Waals surface area contributed by atoms with Crippen LogP contribution in [0.5, 0.6) is 5.75 Å². The van der Waals surface area contributed by atoms with Crippen LogP contribution in [-0.2, 0) is 18.0 Å². The molecule has 0 atom stereocenters. The van der Waals surface area contributed by atoms with E-state index in [2.05, 4.69) is 15.6 Å². The van der Waals surface area contributed by atoms with Crippen molar-refractivity contribution < 1.29 is 23.8 Å². The molecule has 0 spiro atoms. The number of hydrogen-bond acceptors (Lipinski definition) is 5. The Balaban J connectivity index is 1.49. The van der Waals surface area contributed by atoms with Crippen LogP contribution in [0.15, 0.2) is 79.0 Å². The number of alkyl halides is 1. The molecule has 3 N–H and O–H groups in total. The molecule has 4 rings (SSSR count). The summed E-state index contributed by atoms with van der Waals surface area (Å²) in [6.45, 7) is 0.00756. The minimum absolute atomic E-state index is 0.0267. The molecular weight excluding hydrogens is 521 g/mol. The summed E-state index contributed by atoms with van der Waals surface area (Å²) in [4.78, 5) is 27.1. The van der Waals surface area contributed by atoms with Crippen molar-refractivity contribution >= 4 is 29.2 Å². The largest absolute Gasteiger partial charge is 0.496 e. The lowest BCUT2D eigenvalue weighted by Crippen LogP contribution is -2.26. The highest BCUT2D eigenvalue weighted by molar-refractivity contribution is 6.30. The summed E-state index contributed by atoms with van der Waals surface area (Å²) < 4.78 is 18.5. The minimum atomic E-state index is -0.987. The van der Waals surface area contributed by atoms with Gasteiger partial charge in [-0.1, -0.05) is 48.0 Å².